The van der Waals surface area contributed by atoms with Crippen molar-refractivity contribution >= 4 is 34.1 Å². The number of anilines is 2. The van der Waals surface area contributed by atoms with Gasteiger partial charge in [-0.05, 0) is 79.7 Å². The number of aromatic nitrogens is 1. The van der Waals surface area contributed by atoms with Crippen molar-refractivity contribution in [1.82, 2.24) is 15.6 Å². The van der Waals surface area contributed by atoms with Crippen LogP contribution in [0, 0.1) is 0 Å². The van der Waals surface area contributed by atoms with Gasteiger partial charge in [0.15, 0.2) is 11.5 Å². The van der Waals surface area contributed by atoms with Crippen molar-refractivity contribution in [3.63, 3.8) is 0 Å². The predicted molar refractivity (Wildman–Crippen MR) is 158 cm³/mol. The minimum Gasteiger partial charge on any atom is -0.490 e. The Kier molecular flexibility index (Phi) is 9.06. The van der Waals surface area contributed by atoms with E-state index in [2.05, 4.69) is 20.9 Å². The molecule has 0 saturated heterocycles. The van der Waals surface area contributed by atoms with Crippen LogP contribution in [0.2, 0.25) is 0 Å². The fourth-order valence-corrected chi connectivity index (χ4v) is 4.40. The first-order chi connectivity index (χ1) is 19.3. The number of hydrogen-bond donors (Lipinski definition) is 4. The summed E-state index contributed by atoms with van der Waals surface area (Å²) in [6.07, 6.45) is 1.61. The highest BCUT2D eigenvalue weighted by Gasteiger charge is 2.23. The summed E-state index contributed by atoms with van der Waals surface area (Å²) < 4.78 is 11.8. The van der Waals surface area contributed by atoms with E-state index in [0.29, 0.717) is 40.6 Å². The molecule has 9 nitrogen and oxygen atoms in total. The topological polar surface area (TPSA) is 128 Å². The van der Waals surface area contributed by atoms with Crippen LogP contribution in [0.4, 0.5) is 11.5 Å². The molecule has 0 bridgehead atoms. The zero-order chi connectivity index (χ0) is 28.6. The molecule has 4 aromatic rings. The zero-order valence-corrected chi connectivity index (χ0v) is 23.2. The van der Waals surface area contributed by atoms with Crippen molar-refractivity contribution in [3.8, 4) is 11.5 Å². The fourth-order valence-electron chi connectivity index (χ4n) is 4.40. The van der Waals surface area contributed by atoms with E-state index in [0.717, 1.165) is 16.5 Å². The Morgan fingerprint density at radius 3 is 2.55 bits per heavy atom. The first-order valence-electron chi connectivity index (χ1n) is 13.2. The second kappa shape index (κ2) is 12.8. The van der Waals surface area contributed by atoms with Crippen molar-refractivity contribution in [2.45, 2.75) is 39.5 Å². The molecule has 1 unspecified atom stereocenters. The maximum absolute atomic E-state index is 13.7. The summed E-state index contributed by atoms with van der Waals surface area (Å²) in [4.78, 5) is 30.2. The minimum absolute atomic E-state index is 0.0396. The molecule has 1 heterocycles. The number of hydrogen-bond acceptors (Lipinski definition) is 7. The number of fused-ring (bicyclic) bond motifs is 1. The largest absolute Gasteiger partial charge is 0.490 e. The highest BCUT2D eigenvalue weighted by atomic mass is 16.5. The standard InChI is InChI=1S/C31H35N5O4/c1-5-39-27-17-21(10-13-26(27)40-19(2)3)28(36-23-11-12-24-20(16-23)14-15-34-29(24)32)31(38)35-18-22-8-6-7-9-25(22)30(37)33-4/h6-17,19,28,36H,5,18H2,1-4H3,(H2,32,34)(H,33,37)(H,35,38). The summed E-state index contributed by atoms with van der Waals surface area (Å²) in [5.74, 6) is 1.10. The molecule has 4 rings (SSSR count). The number of benzene rings is 3. The molecule has 0 aliphatic heterocycles. The molecule has 0 spiro atoms. The van der Waals surface area contributed by atoms with E-state index in [1.165, 1.54) is 0 Å². The molecule has 0 saturated carbocycles. The van der Waals surface area contributed by atoms with Crippen LogP contribution in [0.15, 0.2) is 72.9 Å². The Balaban J connectivity index is 1.68. The van der Waals surface area contributed by atoms with Crippen LogP contribution in [0.3, 0.4) is 0 Å². The van der Waals surface area contributed by atoms with Crippen LogP contribution >= 0.6 is 0 Å². The summed E-state index contributed by atoms with van der Waals surface area (Å²) in [5, 5.41) is 10.7. The number of carbonyl (C=O) groups is 2. The molecule has 0 fully saturated rings. The summed E-state index contributed by atoms with van der Waals surface area (Å²) in [6.45, 7) is 6.40. The van der Waals surface area contributed by atoms with Crippen molar-refractivity contribution in [2.24, 2.45) is 0 Å². The summed E-state index contributed by atoms with van der Waals surface area (Å²) in [7, 11) is 1.58. The van der Waals surface area contributed by atoms with Gasteiger partial charge in [-0.2, -0.15) is 0 Å². The second-order valence-corrected chi connectivity index (χ2v) is 9.47. The van der Waals surface area contributed by atoms with Crippen molar-refractivity contribution in [2.75, 3.05) is 24.7 Å². The van der Waals surface area contributed by atoms with Gasteiger partial charge in [0.1, 0.15) is 11.9 Å². The van der Waals surface area contributed by atoms with E-state index in [-0.39, 0.29) is 24.5 Å². The lowest BCUT2D eigenvalue weighted by atomic mass is 10.0. The van der Waals surface area contributed by atoms with E-state index in [9.17, 15) is 9.59 Å². The van der Waals surface area contributed by atoms with Crippen molar-refractivity contribution in [3.05, 3.63) is 89.6 Å². The average Bonchev–Trinajstić information content (AvgIpc) is 2.95. The summed E-state index contributed by atoms with van der Waals surface area (Å²) in [5.41, 5.74) is 8.65. The number of nitrogens with one attached hydrogen (secondary N) is 3. The fraction of sp³-hybridized carbons (Fsp3) is 0.258. The minimum atomic E-state index is -0.781. The number of nitrogens with two attached hydrogens (primary N) is 1. The van der Waals surface area contributed by atoms with Gasteiger partial charge in [-0.25, -0.2) is 4.98 Å². The van der Waals surface area contributed by atoms with Gasteiger partial charge in [0.2, 0.25) is 5.91 Å². The number of nitrogen functional groups attached to an aromatic ring is 1. The van der Waals surface area contributed by atoms with Crippen LogP contribution in [-0.4, -0.2) is 36.6 Å². The Bertz CT molecular complexity index is 1500. The third-order valence-electron chi connectivity index (χ3n) is 6.27. The van der Waals surface area contributed by atoms with E-state index in [1.807, 2.05) is 75.4 Å². The Labute approximate surface area is 234 Å². The number of amides is 2. The van der Waals surface area contributed by atoms with Gasteiger partial charge in [-0.15, -0.1) is 0 Å². The maximum Gasteiger partial charge on any atom is 0.251 e. The van der Waals surface area contributed by atoms with Gasteiger partial charge in [0, 0.05) is 36.4 Å². The highest BCUT2D eigenvalue weighted by molar-refractivity contribution is 5.96. The summed E-state index contributed by atoms with van der Waals surface area (Å²) >= 11 is 0. The van der Waals surface area contributed by atoms with Gasteiger partial charge >= 0.3 is 0 Å². The van der Waals surface area contributed by atoms with E-state index in [1.54, 1.807) is 25.4 Å². The third-order valence-corrected chi connectivity index (χ3v) is 6.27. The van der Waals surface area contributed by atoms with Gasteiger partial charge in [-0.1, -0.05) is 24.3 Å². The predicted octanol–water partition coefficient (Wildman–Crippen LogP) is 4.83. The third kappa shape index (κ3) is 6.61. The average molecular weight is 542 g/mol. The second-order valence-electron chi connectivity index (χ2n) is 9.47. The molecular formula is C31H35N5O4. The SMILES string of the molecule is CCOc1cc(C(Nc2ccc3c(N)nccc3c2)C(=O)NCc2ccccc2C(=O)NC)ccc1OC(C)C. The van der Waals surface area contributed by atoms with Gasteiger partial charge in [0.25, 0.3) is 5.91 Å². The maximum atomic E-state index is 13.7. The van der Waals surface area contributed by atoms with Crippen LogP contribution < -0.4 is 31.2 Å². The molecular weight excluding hydrogens is 506 g/mol. The lowest BCUT2D eigenvalue weighted by Gasteiger charge is -2.23. The molecule has 40 heavy (non-hydrogen) atoms. The van der Waals surface area contributed by atoms with E-state index < -0.39 is 6.04 Å². The highest BCUT2D eigenvalue weighted by Crippen LogP contribution is 2.33. The summed E-state index contributed by atoms with van der Waals surface area (Å²) in [6, 6.07) is 19.4. The molecule has 0 radical (unpaired) electrons. The molecule has 1 aromatic heterocycles. The molecule has 9 heteroatoms. The zero-order valence-electron chi connectivity index (χ0n) is 23.2. The van der Waals surface area contributed by atoms with Crippen LogP contribution in [0.1, 0.15) is 48.3 Å². The van der Waals surface area contributed by atoms with E-state index in [4.69, 9.17) is 15.2 Å². The van der Waals surface area contributed by atoms with E-state index >= 15 is 0 Å². The Morgan fingerprint density at radius 1 is 1.00 bits per heavy atom. The molecule has 1 atom stereocenters. The quantitative estimate of drug-likeness (QED) is 0.214. The number of ether oxygens (including phenoxy) is 2. The van der Waals surface area contributed by atoms with Crippen LogP contribution in [0.25, 0.3) is 10.8 Å². The Morgan fingerprint density at radius 2 is 1.80 bits per heavy atom. The number of nitrogens with zero attached hydrogens (tertiary/aromatic N) is 1. The number of rotatable bonds is 11. The number of pyridine rings is 1. The van der Waals surface area contributed by atoms with Gasteiger partial charge in [-0.3, -0.25) is 9.59 Å². The van der Waals surface area contributed by atoms with Gasteiger partial charge < -0.3 is 31.2 Å². The van der Waals surface area contributed by atoms with Gasteiger partial charge in [0.05, 0.1) is 12.7 Å². The molecule has 0 aliphatic carbocycles. The van der Waals surface area contributed by atoms with Crippen molar-refractivity contribution < 1.29 is 19.1 Å². The lowest BCUT2D eigenvalue weighted by Crippen LogP contribution is -2.34. The van der Waals surface area contributed by atoms with Crippen LogP contribution in [-0.2, 0) is 11.3 Å². The number of carbonyl (C=O) groups excluding carboxylic acids is 2. The normalized spacial score (nSPS) is 11.6. The molecule has 0 aliphatic rings. The van der Waals surface area contributed by atoms with Crippen molar-refractivity contribution in [1.29, 1.82) is 0 Å². The molecule has 208 valence electrons. The lowest BCUT2D eigenvalue weighted by molar-refractivity contribution is -0.122. The monoisotopic (exact) mass is 541 g/mol. The first-order valence-corrected chi connectivity index (χ1v) is 13.2. The Hall–Kier alpha value is -4.79. The van der Waals surface area contributed by atoms with Crippen LogP contribution in [0.5, 0.6) is 11.5 Å². The first kappa shape index (κ1) is 28.2. The molecule has 3 aromatic carbocycles. The molecule has 2 amide bonds. The molecule has 5 N–H and O–H groups in total. The smallest absolute Gasteiger partial charge is 0.251 e.